The SMILES string of the molecule is C.O=C(c1cc([N+](=O)[O-])cc([N+](=O)[O-])c1)N1CC[C@@H](NCc2ccccc2F)C1. The van der Waals surface area contributed by atoms with E-state index >= 15 is 0 Å². The van der Waals surface area contributed by atoms with Crippen LogP contribution in [0, 0.1) is 26.0 Å². The van der Waals surface area contributed by atoms with Gasteiger partial charge in [-0.15, -0.1) is 0 Å². The Kier molecular flexibility index (Phi) is 6.94. The van der Waals surface area contributed by atoms with Gasteiger partial charge in [0, 0.05) is 43.4 Å². The first-order valence-electron chi connectivity index (χ1n) is 8.55. The van der Waals surface area contributed by atoms with Crippen molar-refractivity contribution >= 4 is 17.3 Å². The van der Waals surface area contributed by atoms with E-state index in [9.17, 15) is 29.4 Å². The second-order valence-electron chi connectivity index (χ2n) is 6.46. The zero-order valence-corrected chi connectivity index (χ0v) is 14.7. The smallest absolute Gasteiger partial charge is 0.277 e. The summed E-state index contributed by atoms with van der Waals surface area (Å²) in [6.07, 6.45) is 0.622. The molecule has 2 aromatic carbocycles. The van der Waals surface area contributed by atoms with Crippen LogP contribution in [0.1, 0.15) is 29.8 Å². The van der Waals surface area contributed by atoms with Crippen LogP contribution in [-0.4, -0.2) is 39.8 Å². The lowest BCUT2D eigenvalue weighted by Crippen LogP contribution is -2.35. The van der Waals surface area contributed by atoms with Crippen LogP contribution < -0.4 is 5.32 Å². The number of non-ortho nitro benzene ring substituents is 2. The average Bonchev–Trinajstić information content (AvgIpc) is 3.15. The van der Waals surface area contributed by atoms with Crippen molar-refractivity contribution in [2.45, 2.75) is 26.4 Å². The third-order valence-corrected chi connectivity index (χ3v) is 4.59. The van der Waals surface area contributed by atoms with Crippen LogP contribution in [0.5, 0.6) is 0 Å². The number of carbonyl (C=O) groups excluding carboxylic acids is 1. The third kappa shape index (κ3) is 5.11. The van der Waals surface area contributed by atoms with Crippen LogP contribution in [0.25, 0.3) is 0 Å². The molecule has 1 fully saturated rings. The summed E-state index contributed by atoms with van der Waals surface area (Å²) in [6.45, 7) is 1.02. The molecule has 0 aromatic heterocycles. The van der Waals surface area contributed by atoms with Crippen molar-refractivity contribution in [1.29, 1.82) is 0 Å². The lowest BCUT2D eigenvalue weighted by Gasteiger charge is -2.17. The first-order chi connectivity index (χ1) is 13.3. The molecule has 1 atom stereocenters. The molecular formula is C19H21FN4O5. The maximum Gasteiger partial charge on any atom is 0.277 e. The van der Waals surface area contributed by atoms with Crippen molar-refractivity contribution in [2.24, 2.45) is 0 Å². The van der Waals surface area contributed by atoms with Gasteiger partial charge >= 0.3 is 0 Å². The molecule has 1 heterocycles. The summed E-state index contributed by atoms with van der Waals surface area (Å²) in [5.74, 6) is -0.827. The summed E-state index contributed by atoms with van der Waals surface area (Å²) in [4.78, 5) is 34.6. The minimum Gasteiger partial charge on any atom is -0.337 e. The molecule has 29 heavy (non-hydrogen) atoms. The number of rotatable bonds is 6. The molecule has 1 N–H and O–H groups in total. The Labute approximate surface area is 166 Å². The van der Waals surface area contributed by atoms with Gasteiger partial charge in [0.25, 0.3) is 17.3 Å². The van der Waals surface area contributed by atoms with Crippen molar-refractivity contribution in [3.05, 3.63) is 79.6 Å². The van der Waals surface area contributed by atoms with Crippen molar-refractivity contribution in [1.82, 2.24) is 10.2 Å². The number of hydrogen-bond acceptors (Lipinski definition) is 6. The Morgan fingerprint density at radius 1 is 1.14 bits per heavy atom. The quantitative estimate of drug-likeness (QED) is 0.583. The molecule has 1 amide bonds. The standard InChI is InChI=1S/C18H17FN4O5.CH4/c19-17-4-2-1-3-12(17)10-20-14-5-6-21(11-14)18(24)13-7-15(22(25)26)9-16(8-13)23(27)28;/h1-4,7-9,14,20H,5-6,10-11H2;1H4/t14-;/m1./s1. The molecule has 0 saturated carbocycles. The molecule has 10 heteroatoms. The Bertz CT molecular complexity index is 904. The predicted molar refractivity (Wildman–Crippen MR) is 104 cm³/mol. The molecule has 0 bridgehead atoms. The molecule has 1 saturated heterocycles. The number of amides is 1. The van der Waals surface area contributed by atoms with E-state index < -0.39 is 27.1 Å². The fourth-order valence-electron chi connectivity index (χ4n) is 3.12. The number of benzene rings is 2. The van der Waals surface area contributed by atoms with E-state index in [2.05, 4.69) is 5.32 Å². The number of hydrogen-bond donors (Lipinski definition) is 1. The van der Waals surface area contributed by atoms with E-state index in [1.165, 1.54) is 11.0 Å². The minimum atomic E-state index is -0.771. The van der Waals surface area contributed by atoms with Gasteiger partial charge in [0.05, 0.1) is 21.5 Å². The topological polar surface area (TPSA) is 119 Å². The van der Waals surface area contributed by atoms with Gasteiger partial charge < -0.3 is 10.2 Å². The highest BCUT2D eigenvalue weighted by molar-refractivity contribution is 5.95. The van der Waals surface area contributed by atoms with Gasteiger partial charge in [0.1, 0.15) is 5.82 Å². The summed E-state index contributed by atoms with van der Waals surface area (Å²) < 4.78 is 13.7. The van der Waals surface area contributed by atoms with Crippen LogP contribution >= 0.6 is 0 Å². The van der Waals surface area contributed by atoms with Crippen molar-refractivity contribution in [2.75, 3.05) is 13.1 Å². The molecule has 0 unspecified atom stereocenters. The van der Waals surface area contributed by atoms with Crippen molar-refractivity contribution in [3.8, 4) is 0 Å². The summed E-state index contributed by atoms with van der Waals surface area (Å²) in [7, 11) is 0. The van der Waals surface area contributed by atoms with E-state index in [0.29, 0.717) is 31.6 Å². The normalized spacial score (nSPS) is 15.6. The van der Waals surface area contributed by atoms with Gasteiger partial charge in [0.15, 0.2) is 0 Å². The fourth-order valence-corrected chi connectivity index (χ4v) is 3.12. The zero-order valence-electron chi connectivity index (χ0n) is 14.7. The summed E-state index contributed by atoms with van der Waals surface area (Å²) in [6, 6.07) is 9.20. The first-order valence-corrected chi connectivity index (χ1v) is 8.55. The molecule has 1 aliphatic rings. The third-order valence-electron chi connectivity index (χ3n) is 4.59. The van der Waals surface area contributed by atoms with Crippen LogP contribution in [0.4, 0.5) is 15.8 Å². The number of nitrogens with one attached hydrogen (secondary N) is 1. The van der Waals surface area contributed by atoms with Gasteiger partial charge in [0.2, 0.25) is 0 Å². The Morgan fingerprint density at radius 2 is 1.76 bits per heavy atom. The highest BCUT2D eigenvalue weighted by atomic mass is 19.1. The predicted octanol–water partition coefficient (Wildman–Crippen LogP) is 3.28. The number of nitro groups is 2. The molecule has 0 radical (unpaired) electrons. The van der Waals surface area contributed by atoms with Crippen LogP contribution in [0.2, 0.25) is 0 Å². The summed E-state index contributed by atoms with van der Waals surface area (Å²) >= 11 is 0. The van der Waals surface area contributed by atoms with Gasteiger partial charge in [-0.3, -0.25) is 25.0 Å². The molecule has 0 spiro atoms. The van der Waals surface area contributed by atoms with Crippen molar-refractivity contribution in [3.63, 3.8) is 0 Å². The van der Waals surface area contributed by atoms with Crippen LogP contribution in [0.3, 0.4) is 0 Å². The zero-order chi connectivity index (χ0) is 20.3. The average molecular weight is 404 g/mol. The van der Waals surface area contributed by atoms with E-state index in [1.807, 2.05) is 0 Å². The highest BCUT2D eigenvalue weighted by Gasteiger charge is 2.29. The second-order valence-corrected chi connectivity index (χ2v) is 6.46. The number of likely N-dealkylation sites (tertiary alicyclic amines) is 1. The van der Waals surface area contributed by atoms with Crippen molar-refractivity contribution < 1.29 is 19.0 Å². The number of halogens is 1. The molecular weight excluding hydrogens is 383 g/mol. The molecule has 0 aliphatic carbocycles. The molecule has 2 aromatic rings. The lowest BCUT2D eigenvalue weighted by atomic mass is 10.1. The highest BCUT2D eigenvalue weighted by Crippen LogP contribution is 2.24. The maximum absolute atomic E-state index is 13.7. The minimum absolute atomic E-state index is 0. The van der Waals surface area contributed by atoms with E-state index in [4.69, 9.17) is 0 Å². The molecule has 3 rings (SSSR count). The monoisotopic (exact) mass is 404 g/mol. The number of nitrogens with zero attached hydrogens (tertiary/aromatic N) is 3. The van der Waals surface area contributed by atoms with E-state index in [1.54, 1.807) is 18.2 Å². The number of nitro benzene ring substituents is 2. The van der Waals surface area contributed by atoms with Gasteiger partial charge in [-0.2, -0.15) is 0 Å². The Hall–Kier alpha value is -3.40. The largest absolute Gasteiger partial charge is 0.337 e. The fraction of sp³-hybridized carbons (Fsp3) is 0.316. The first kappa shape index (κ1) is 21.9. The van der Waals surface area contributed by atoms with Gasteiger partial charge in [-0.05, 0) is 12.5 Å². The molecule has 154 valence electrons. The lowest BCUT2D eigenvalue weighted by molar-refractivity contribution is -0.394. The van der Waals surface area contributed by atoms with E-state index in [-0.39, 0.29) is 24.8 Å². The Balaban J connectivity index is 0.00000300. The second kappa shape index (κ2) is 9.20. The van der Waals surface area contributed by atoms with Crippen LogP contribution in [-0.2, 0) is 6.54 Å². The summed E-state index contributed by atoms with van der Waals surface area (Å²) in [5, 5.41) is 25.2. The van der Waals surface area contributed by atoms with Gasteiger partial charge in [-0.1, -0.05) is 25.6 Å². The summed E-state index contributed by atoms with van der Waals surface area (Å²) in [5.41, 5.74) is -0.603. The maximum atomic E-state index is 13.7. The number of carbonyl (C=O) groups is 1. The molecule has 9 nitrogen and oxygen atoms in total. The van der Waals surface area contributed by atoms with Crippen LogP contribution in [0.15, 0.2) is 42.5 Å². The Morgan fingerprint density at radius 3 is 2.34 bits per heavy atom. The molecule has 1 aliphatic heterocycles. The van der Waals surface area contributed by atoms with E-state index in [0.717, 1.165) is 18.2 Å². The van der Waals surface area contributed by atoms with Gasteiger partial charge in [-0.25, -0.2) is 4.39 Å².